The molecule has 30 heavy (non-hydrogen) atoms. The van der Waals surface area contributed by atoms with Crippen LogP contribution in [0, 0.1) is 0 Å². The first-order chi connectivity index (χ1) is 14.5. The maximum absolute atomic E-state index is 12.7. The van der Waals surface area contributed by atoms with Gasteiger partial charge in [0.2, 0.25) is 11.8 Å². The van der Waals surface area contributed by atoms with Crippen molar-refractivity contribution in [2.24, 2.45) is 0 Å². The maximum atomic E-state index is 12.7. The van der Waals surface area contributed by atoms with Crippen LogP contribution < -0.4 is 20.9 Å². The van der Waals surface area contributed by atoms with Gasteiger partial charge in [-0.3, -0.25) is 14.9 Å². The second kappa shape index (κ2) is 10.3. The van der Waals surface area contributed by atoms with Crippen molar-refractivity contribution in [3.63, 3.8) is 0 Å². The van der Waals surface area contributed by atoms with Crippen LogP contribution in [-0.4, -0.2) is 43.6 Å². The standard InChI is InChI=1S/C20H23BrN4O5/c1-2-3-15(23-20(28)24-17-9-8-16(21)30-17)19(27)22-13-4-6-14(7-5-13)25-10-11-29-12-18(25)26/h4-9,15H,2-3,10-12H2,1H3,(H,22,27)(H2,23,24,28)/t15-/m1/s1. The molecule has 9 nitrogen and oxygen atoms in total. The Bertz CT molecular complexity index is 899. The lowest BCUT2D eigenvalue weighted by molar-refractivity contribution is -0.125. The van der Waals surface area contributed by atoms with Crippen LogP contribution in [-0.2, 0) is 14.3 Å². The lowest BCUT2D eigenvalue weighted by atomic mass is 10.1. The number of rotatable bonds is 7. The molecule has 10 heteroatoms. The minimum absolute atomic E-state index is 0.0693. The summed E-state index contributed by atoms with van der Waals surface area (Å²) in [7, 11) is 0. The molecule has 2 aromatic rings. The number of anilines is 3. The quantitative estimate of drug-likeness (QED) is 0.564. The van der Waals surface area contributed by atoms with Gasteiger partial charge in [-0.1, -0.05) is 13.3 Å². The van der Waals surface area contributed by atoms with Gasteiger partial charge in [-0.05, 0) is 52.7 Å². The van der Waals surface area contributed by atoms with Gasteiger partial charge in [-0.25, -0.2) is 4.79 Å². The molecule has 2 heterocycles. The maximum Gasteiger partial charge on any atom is 0.322 e. The van der Waals surface area contributed by atoms with Crippen molar-refractivity contribution in [2.75, 3.05) is 35.3 Å². The Hall–Kier alpha value is -2.85. The van der Waals surface area contributed by atoms with E-state index in [0.717, 1.165) is 5.69 Å². The highest BCUT2D eigenvalue weighted by molar-refractivity contribution is 9.10. The molecular formula is C20H23BrN4O5. The van der Waals surface area contributed by atoms with Gasteiger partial charge in [0.1, 0.15) is 12.6 Å². The molecule has 4 amide bonds. The molecule has 0 spiro atoms. The first-order valence-corrected chi connectivity index (χ1v) is 10.4. The molecule has 0 saturated carbocycles. The number of nitrogens with zero attached hydrogens (tertiary/aromatic N) is 1. The predicted octanol–water partition coefficient (Wildman–Crippen LogP) is 3.33. The van der Waals surface area contributed by atoms with E-state index < -0.39 is 12.1 Å². The summed E-state index contributed by atoms with van der Waals surface area (Å²) in [4.78, 5) is 38.4. The molecule has 1 aliphatic rings. The molecule has 1 aromatic carbocycles. The van der Waals surface area contributed by atoms with Gasteiger partial charge < -0.3 is 24.7 Å². The summed E-state index contributed by atoms with van der Waals surface area (Å²) in [5, 5.41) is 8.01. The Morgan fingerprint density at radius 1 is 1.17 bits per heavy atom. The Morgan fingerprint density at radius 2 is 1.93 bits per heavy atom. The van der Waals surface area contributed by atoms with E-state index in [-0.39, 0.29) is 24.3 Å². The molecule has 1 aliphatic heterocycles. The normalized spacial score (nSPS) is 14.9. The van der Waals surface area contributed by atoms with Gasteiger partial charge in [-0.15, -0.1) is 0 Å². The van der Waals surface area contributed by atoms with Crippen LogP contribution in [0.3, 0.4) is 0 Å². The van der Waals surface area contributed by atoms with Crippen LogP contribution >= 0.6 is 15.9 Å². The number of amides is 4. The number of benzene rings is 1. The van der Waals surface area contributed by atoms with Crippen molar-refractivity contribution in [3.8, 4) is 0 Å². The molecule has 3 N–H and O–H groups in total. The van der Waals surface area contributed by atoms with E-state index in [9.17, 15) is 14.4 Å². The zero-order valence-corrected chi connectivity index (χ0v) is 18.0. The number of nitrogens with one attached hydrogen (secondary N) is 3. The van der Waals surface area contributed by atoms with Gasteiger partial charge >= 0.3 is 6.03 Å². The zero-order valence-electron chi connectivity index (χ0n) is 16.4. The zero-order chi connectivity index (χ0) is 21.5. The van der Waals surface area contributed by atoms with Crippen LogP contribution in [0.25, 0.3) is 0 Å². The number of hydrogen-bond acceptors (Lipinski definition) is 5. The van der Waals surface area contributed by atoms with E-state index in [2.05, 4.69) is 31.9 Å². The molecule has 0 unspecified atom stereocenters. The van der Waals surface area contributed by atoms with E-state index in [1.165, 1.54) is 0 Å². The largest absolute Gasteiger partial charge is 0.434 e. The molecule has 3 rings (SSSR count). The van der Waals surface area contributed by atoms with E-state index in [4.69, 9.17) is 9.15 Å². The highest BCUT2D eigenvalue weighted by atomic mass is 79.9. The predicted molar refractivity (Wildman–Crippen MR) is 116 cm³/mol. The van der Waals surface area contributed by atoms with E-state index in [0.29, 0.717) is 36.4 Å². The van der Waals surface area contributed by atoms with Crippen molar-refractivity contribution in [1.29, 1.82) is 0 Å². The van der Waals surface area contributed by atoms with Crippen LogP contribution in [0.15, 0.2) is 45.5 Å². The highest BCUT2D eigenvalue weighted by Crippen LogP contribution is 2.20. The third-order valence-corrected chi connectivity index (χ3v) is 4.87. The fourth-order valence-corrected chi connectivity index (χ4v) is 3.30. The molecule has 0 aliphatic carbocycles. The van der Waals surface area contributed by atoms with Crippen LogP contribution in [0.5, 0.6) is 0 Å². The number of morpholine rings is 1. The van der Waals surface area contributed by atoms with Gasteiger partial charge in [-0.2, -0.15) is 0 Å². The van der Waals surface area contributed by atoms with Gasteiger partial charge in [0.15, 0.2) is 4.67 Å². The van der Waals surface area contributed by atoms with Crippen molar-refractivity contribution < 1.29 is 23.5 Å². The second-order valence-electron chi connectivity index (χ2n) is 6.68. The smallest absolute Gasteiger partial charge is 0.322 e. The molecule has 0 radical (unpaired) electrons. The lowest BCUT2D eigenvalue weighted by Gasteiger charge is -2.27. The van der Waals surface area contributed by atoms with Gasteiger partial charge in [0, 0.05) is 24.0 Å². The Labute approximate surface area is 182 Å². The number of urea groups is 1. The number of carbonyl (C=O) groups excluding carboxylic acids is 3. The minimum atomic E-state index is -0.714. The van der Waals surface area contributed by atoms with Crippen molar-refractivity contribution in [1.82, 2.24) is 5.32 Å². The fourth-order valence-electron chi connectivity index (χ4n) is 2.99. The average Bonchev–Trinajstić information content (AvgIpc) is 3.13. The summed E-state index contributed by atoms with van der Waals surface area (Å²) in [5.41, 5.74) is 1.32. The molecule has 1 saturated heterocycles. The summed E-state index contributed by atoms with van der Waals surface area (Å²) >= 11 is 3.16. The molecular weight excluding hydrogens is 456 g/mol. The van der Waals surface area contributed by atoms with Crippen LogP contribution in [0.4, 0.5) is 22.1 Å². The van der Waals surface area contributed by atoms with E-state index in [1.54, 1.807) is 41.3 Å². The monoisotopic (exact) mass is 478 g/mol. The fraction of sp³-hybridized carbons (Fsp3) is 0.350. The van der Waals surface area contributed by atoms with E-state index in [1.807, 2.05) is 6.92 Å². The number of hydrogen-bond donors (Lipinski definition) is 3. The summed E-state index contributed by atoms with van der Waals surface area (Å²) in [5.74, 6) is -0.161. The summed E-state index contributed by atoms with van der Waals surface area (Å²) in [6.07, 6.45) is 1.18. The van der Waals surface area contributed by atoms with Crippen molar-refractivity contribution in [2.45, 2.75) is 25.8 Å². The van der Waals surface area contributed by atoms with Crippen LogP contribution in [0.1, 0.15) is 19.8 Å². The topological polar surface area (TPSA) is 113 Å². The Morgan fingerprint density at radius 3 is 2.57 bits per heavy atom. The van der Waals surface area contributed by atoms with Crippen molar-refractivity contribution >= 4 is 51.0 Å². The number of halogens is 1. The van der Waals surface area contributed by atoms with Gasteiger partial charge in [0.25, 0.3) is 5.91 Å². The number of furan rings is 1. The number of carbonyl (C=O) groups is 3. The Kier molecular flexibility index (Phi) is 7.47. The minimum Gasteiger partial charge on any atom is -0.434 e. The third kappa shape index (κ3) is 5.83. The molecule has 1 aromatic heterocycles. The highest BCUT2D eigenvalue weighted by Gasteiger charge is 2.22. The summed E-state index contributed by atoms with van der Waals surface area (Å²) < 4.78 is 10.9. The van der Waals surface area contributed by atoms with E-state index >= 15 is 0 Å². The third-order valence-electron chi connectivity index (χ3n) is 4.44. The summed E-state index contributed by atoms with van der Waals surface area (Å²) in [6.45, 7) is 2.98. The SMILES string of the molecule is CCC[C@@H](NC(=O)Nc1ccc(Br)o1)C(=O)Nc1ccc(N2CCOCC2=O)cc1. The van der Waals surface area contributed by atoms with Crippen LogP contribution in [0.2, 0.25) is 0 Å². The molecule has 1 fully saturated rings. The van der Waals surface area contributed by atoms with Crippen molar-refractivity contribution in [3.05, 3.63) is 41.1 Å². The number of ether oxygens (including phenoxy) is 1. The molecule has 160 valence electrons. The van der Waals surface area contributed by atoms with Gasteiger partial charge in [0.05, 0.1) is 6.61 Å². The Balaban J connectivity index is 1.58. The summed E-state index contributed by atoms with van der Waals surface area (Å²) in [6, 6.07) is 8.98. The molecule has 1 atom stereocenters. The lowest BCUT2D eigenvalue weighted by Crippen LogP contribution is -2.45. The first kappa shape index (κ1) is 21.8. The second-order valence-corrected chi connectivity index (χ2v) is 7.46. The first-order valence-electron chi connectivity index (χ1n) is 9.58. The molecule has 0 bridgehead atoms. The average molecular weight is 479 g/mol.